The van der Waals surface area contributed by atoms with Gasteiger partial charge >= 0.3 is 11.9 Å². The highest BCUT2D eigenvalue weighted by molar-refractivity contribution is 5.86. The number of carbonyl (C=O) groups is 2. The number of fused-ring (bicyclic) bond motifs is 1. The Morgan fingerprint density at radius 1 is 1.09 bits per heavy atom. The van der Waals surface area contributed by atoms with E-state index >= 15 is 0 Å². The van der Waals surface area contributed by atoms with E-state index in [1.165, 1.54) is 24.8 Å². The van der Waals surface area contributed by atoms with E-state index in [1.54, 1.807) is 13.0 Å². The molecule has 0 aliphatic heterocycles. The number of ether oxygens (including phenoxy) is 2. The highest BCUT2D eigenvalue weighted by Gasteiger charge is 2.38. The van der Waals surface area contributed by atoms with Crippen LogP contribution in [-0.4, -0.2) is 29.1 Å². The standard InChI is InChI=1S/C27H37NO5/c1-17(2)24-12-10-18(3)25-14-23(33-27(30)13-11-21-16-31-19(4)28-21)9-7-6-8-22(15-26(24)25)32-20(5)29/h6-7,10-11,13,16-17,22-26H,8-9,12,14-15H2,1-5H3/t22-,23-,24-,25+,26-/m1/s1. The molecule has 33 heavy (non-hydrogen) atoms. The van der Waals surface area contributed by atoms with Crippen molar-refractivity contribution in [3.8, 4) is 0 Å². The second-order valence-electron chi connectivity index (χ2n) is 9.69. The zero-order valence-electron chi connectivity index (χ0n) is 20.5. The van der Waals surface area contributed by atoms with Crippen molar-refractivity contribution >= 4 is 18.0 Å². The van der Waals surface area contributed by atoms with Gasteiger partial charge < -0.3 is 13.9 Å². The van der Waals surface area contributed by atoms with Gasteiger partial charge in [-0.25, -0.2) is 9.78 Å². The lowest BCUT2D eigenvalue weighted by Crippen LogP contribution is -2.37. The van der Waals surface area contributed by atoms with Crippen molar-refractivity contribution in [3.63, 3.8) is 0 Å². The molecule has 1 aromatic rings. The molecule has 2 aliphatic carbocycles. The largest absolute Gasteiger partial charge is 0.462 e. The van der Waals surface area contributed by atoms with Gasteiger partial charge in [-0.05, 0) is 55.9 Å². The minimum Gasteiger partial charge on any atom is -0.462 e. The van der Waals surface area contributed by atoms with Crippen molar-refractivity contribution < 1.29 is 23.5 Å². The monoisotopic (exact) mass is 455 g/mol. The van der Waals surface area contributed by atoms with Crippen LogP contribution in [0.2, 0.25) is 0 Å². The Bertz CT molecular complexity index is 909. The first kappa shape index (κ1) is 25.0. The molecule has 6 nitrogen and oxygen atoms in total. The lowest BCUT2D eigenvalue weighted by molar-refractivity contribution is -0.148. The number of carbonyl (C=O) groups excluding carboxylic acids is 2. The number of aryl methyl sites for hydroxylation is 1. The molecule has 3 rings (SSSR count). The molecule has 0 amide bonds. The van der Waals surface area contributed by atoms with Crippen molar-refractivity contribution in [1.29, 1.82) is 0 Å². The molecule has 0 radical (unpaired) electrons. The molecule has 0 spiro atoms. The molecule has 2 aliphatic rings. The number of aromatic nitrogens is 1. The first-order chi connectivity index (χ1) is 15.7. The Labute approximate surface area is 197 Å². The molecule has 0 saturated heterocycles. The van der Waals surface area contributed by atoms with Crippen molar-refractivity contribution in [2.75, 3.05) is 0 Å². The molecular weight excluding hydrogens is 418 g/mol. The molecule has 0 bridgehead atoms. The number of hydrogen-bond donors (Lipinski definition) is 0. The van der Waals surface area contributed by atoms with E-state index < -0.39 is 0 Å². The number of esters is 2. The summed E-state index contributed by atoms with van der Waals surface area (Å²) in [5, 5.41) is 0. The Kier molecular flexibility index (Phi) is 8.70. The lowest BCUT2D eigenvalue weighted by atomic mass is 9.64. The van der Waals surface area contributed by atoms with Crippen LogP contribution in [0.25, 0.3) is 6.08 Å². The van der Waals surface area contributed by atoms with E-state index in [9.17, 15) is 9.59 Å². The molecule has 1 heterocycles. The molecule has 0 aromatic carbocycles. The van der Waals surface area contributed by atoms with Crippen molar-refractivity contribution in [3.05, 3.63) is 47.7 Å². The van der Waals surface area contributed by atoms with Crippen LogP contribution < -0.4 is 0 Å². The van der Waals surface area contributed by atoms with Crippen LogP contribution in [0.3, 0.4) is 0 Å². The van der Waals surface area contributed by atoms with E-state index in [0.717, 1.165) is 19.3 Å². The molecule has 0 saturated carbocycles. The number of nitrogens with zero attached hydrogens (tertiary/aromatic N) is 1. The van der Waals surface area contributed by atoms with E-state index in [0.29, 0.717) is 42.2 Å². The fourth-order valence-electron chi connectivity index (χ4n) is 5.27. The van der Waals surface area contributed by atoms with Gasteiger partial charge in [0.05, 0.1) is 0 Å². The van der Waals surface area contributed by atoms with Gasteiger partial charge in [-0.2, -0.15) is 0 Å². The van der Waals surface area contributed by atoms with Gasteiger partial charge in [0.2, 0.25) is 0 Å². The summed E-state index contributed by atoms with van der Waals surface area (Å²) >= 11 is 0. The molecule has 0 N–H and O–H groups in total. The van der Waals surface area contributed by atoms with Crippen LogP contribution in [0.15, 0.2) is 40.6 Å². The first-order valence-electron chi connectivity index (χ1n) is 12.0. The fourth-order valence-corrected chi connectivity index (χ4v) is 5.27. The summed E-state index contributed by atoms with van der Waals surface area (Å²) in [5.74, 6) is 1.64. The summed E-state index contributed by atoms with van der Waals surface area (Å²) in [6.45, 7) is 9.96. The average molecular weight is 456 g/mol. The van der Waals surface area contributed by atoms with Crippen LogP contribution in [0.5, 0.6) is 0 Å². The minimum atomic E-state index is -0.377. The highest BCUT2D eigenvalue weighted by atomic mass is 16.5. The van der Waals surface area contributed by atoms with Crippen molar-refractivity contribution in [1.82, 2.24) is 4.98 Å². The molecular formula is C27H37NO5. The summed E-state index contributed by atoms with van der Waals surface area (Å²) in [7, 11) is 0. The minimum absolute atomic E-state index is 0.119. The summed E-state index contributed by atoms with van der Waals surface area (Å²) < 4.78 is 16.7. The van der Waals surface area contributed by atoms with E-state index in [1.807, 2.05) is 6.08 Å². The average Bonchev–Trinajstić information content (AvgIpc) is 3.16. The molecule has 1 aromatic heterocycles. The molecule has 0 fully saturated rings. The third kappa shape index (κ3) is 7.18. The van der Waals surface area contributed by atoms with Gasteiger partial charge in [0, 0.05) is 32.8 Å². The van der Waals surface area contributed by atoms with Gasteiger partial charge in [-0.15, -0.1) is 0 Å². The van der Waals surface area contributed by atoms with Crippen LogP contribution in [0.1, 0.15) is 71.4 Å². The normalized spacial score (nSPS) is 28.3. The predicted octanol–water partition coefficient (Wildman–Crippen LogP) is 5.82. The molecule has 180 valence electrons. The second-order valence-corrected chi connectivity index (χ2v) is 9.69. The van der Waals surface area contributed by atoms with Crippen LogP contribution in [-0.2, 0) is 19.1 Å². The summed E-state index contributed by atoms with van der Waals surface area (Å²) in [5.41, 5.74) is 1.94. The maximum Gasteiger partial charge on any atom is 0.331 e. The van der Waals surface area contributed by atoms with E-state index in [4.69, 9.17) is 13.9 Å². The van der Waals surface area contributed by atoms with Crippen LogP contribution in [0.4, 0.5) is 0 Å². The quantitative estimate of drug-likeness (QED) is 0.316. The maximum atomic E-state index is 12.6. The number of hydrogen-bond acceptors (Lipinski definition) is 6. The van der Waals surface area contributed by atoms with Gasteiger partial charge in [0.1, 0.15) is 24.2 Å². The summed E-state index contributed by atoms with van der Waals surface area (Å²) in [6.07, 6.45) is 14.6. The van der Waals surface area contributed by atoms with E-state index in [2.05, 4.69) is 37.9 Å². The topological polar surface area (TPSA) is 78.6 Å². The molecule has 0 unspecified atom stereocenters. The van der Waals surface area contributed by atoms with Gasteiger partial charge in [0.15, 0.2) is 5.89 Å². The summed E-state index contributed by atoms with van der Waals surface area (Å²) in [4.78, 5) is 28.5. The number of rotatable bonds is 5. The zero-order valence-corrected chi connectivity index (χ0v) is 20.5. The Hall–Kier alpha value is -2.63. The smallest absolute Gasteiger partial charge is 0.331 e. The Morgan fingerprint density at radius 3 is 2.39 bits per heavy atom. The predicted molar refractivity (Wildman–Crippen MR) is 127 cm³/mol. The lowest BCUT2D eigenvalue weighted by Gasteiger charge is -2.42. The van der Waals surface area contributed by atoms with Crippen molar-refractivity contribution in [2.45, 2.75) is 78.9 Å². The number of allylic oxidation sites excluding steroid dienone is 2. The summed E-state index contributed by atoms with van der Waals surface area (Å²) in [6, 6.07) is 0. The van der Waals surface area contributed by atoms with Crippen LogP contribution >= 0.6 is 0 Å². The fraction of sp³-hybridized carbons (Fsp3) is 0.593. The maximum absolute atomic E-state index is 12.6. The van der Waals surface area contributed by atoms with Gasteiger partial charge in [-0.1, -0.05) is 37.6 Å². The van der Waals surface area contributed by atoms with Gasteiger partial charge in [-0.3, -0.25) is 4.79 Å². The van der Waals surface area contributed by atoms with E-state index in [-0.39, 0.29) is 30.1 Å². The number of oxazole rings is 1. The first-order valence-corrected chi connectivity index (χ1v) is 12.0. The molecule has 6 heteroatoms. The van der Waals surface area contributed by atoms with Gasteiger partial charge in [0.25, 0.3) is 0 Å². The third-order valence-electron chi connectivity index (χ3n) is 6.88. The Morgan fingerprint density at radius 2 is 1.79 bits per heavy atom. The molecule has 5 atom stereocenters. The Balaban J connectivity index is 1.79. The zero-order chi connectivity index (χ0) is 24.0. The highest BCUT2D eigenvalue weighted by Crippen LogP contribution is 2.44. The SMILES string of the molecule is CC(=O)O[C@@H]1CC=CC[C@@H](OC(=O)C=Cc2coc(C)n2)C[C@H]2C(C)=CC[C@H](C(C)C)[C@H]2C1. The second kappa shape index (κ2) is 11.5. The van der Waals surface area contributed by atoms with Crippen molar-refractivity contribution in [2.24, 2.45) is 23.7 Å². The third-order valence-corrected chi connectivity index (χ3v) is 6.88. The van der Waals surface area contributed by atoms with Crippen LogP contribution in [0, 0.1) is 30.6 Å².